The van der Waals surface area contributed by atoms with Gasteiger partial charge >= 0.3 is 0 Å². The van der Waals surface area contributed by atoms with Crippen molar-refractivity contribution in [2.24, 2.45) is 0 Å². The highest BCUT2D eigenvalue weighted by Gasteiger charge is 2.19. The summed E-state index contributed by atoms with van der Waals surface area (Å²) in [7, 11) is 1.62. The summed E-state index contributed by atoms with van der Waals surface area (Å²) in [5, 5.41) is 3.57. The topological polar surface area (TPSA) is 21.3 Å². The summed E-state index contributed by atoms with van der Waals surface area (Å²) in [5.41, 5.74) is 0.896. The van der Waals surface area contributed by atoms with E-state index in [2.05, 4.69) is 12.2 Å². The minimum Gasteiger partial charge on any atom is -0.496 e. The molecule has 1 heterocycles. The molecule has 1 N–H and O–H groups in total. The van der Waals surface area contributed by atoms with Crippen molar-refractivity contribution in [3.8, 4) is 5.75 Å². The maximum atomic E-state index is 13.3. The number of hydrogen-bond acceptors (Lipinski definition) is 3. The van der Waals surface area contributed by atoms with Crippen LogP contribution in [0.3, 0.4) is 0 Å². The Morgan fingerprint density at radius 1 is 1.50 bits per heavy atom. The fourth-order valence-corrected chi connectivity index (χ4v) is 3.44. The van der Waals surface area contributed by atoms with Gasteiger partial charge in [0, 0.05) is 23.4 Å². The minimum atomic E-state index is -0.211. The smallest absolute Gasteiger partial charge is 0.123 e. The summed E-state index contributed by atoms with van der Waals surface area (Å²) >= 11 is 1.99. The monoisotopic (exact) mass is 269 g/mol. The molecule has 18 heavy (non-hydrogen) atoms. The molecule has 1 fully saturated rings. The van der Waals surface area contributed by atoms with Gasteiger partial charge in [-0.2, -0.15) is 11.8 Å². The number of benzene rings is 1. The highest BCUT2D eigenvalue weighted by atomic mass is 32.2. The Hall–Kier alpha value is -0.740. The molecule has 0 amide bonds. The van der Waals surface area contributed by atoms with Crippen LogP contribution in [0.15, 0.2) is 18.2 Å². The summed E-state index contributed by atoms with van der Waals surface area (Å²) in [5.74, 6) is 2.94. The maximum absolute atomic E-state index is 13.3. The molecular formula is C14H20FNOS. The average Bonchev–Trinajstić information content (AvgIpc) is 2.40. The SMILES string of the molecule is COc1ccc(F)cc1C(C)NC1CCCSC1. The lowest BCUT2D eigenvalue weighted by Gasteiger charge is -2.27. The van der Waals surface area contributed by atoms with Gasteiger partial charge in [-0.1, -0.05) is 0 Å². The first-order valence-corrected chi connectivity index (χ1v) is 7.53. The lowest BCUT2D eigenvalue weighted by atomic mass is 10.0. The zero-order valence-corrected chi connectivity index (χ0v) is 11.7. The van der Waals surface area contributed by atoms with Gasteiger partial charge in [-0.3, -0.25) is 0 Å². The molecule has 1 aliphatic heterocycles. The zero-order valence-electron chi connectivity index (χ0n) is 10.9. The largest absolute Gasteiger partial charge is 0.496 e. The standard InChI is InChI=1S/C14H20FNOS/c1-10(16-12-4-3-7-18-9-12)13-8-11(15)5-6-14(13)17-2/h5-6,8,10,12,16H,3-4,7,9H2,1-2H3. The molecule has 0 saturated carbocycles. The van der Waals surface area contributed by atoms with Crippen molar-refractivity contribution in [2.45, 2.75) is 31.8 Å². The molecule has 0 bridgehead atoms. The second-order valence-electron chi connectivity index (χ2n) is 4.69. The molecule has 0 spiro atoms. The predicted molar refractivity (Wildman–Crippen MR) is 74.8 cm³/mol. The van der Waals surface area contributed by atoms with Gasteiger partial charge in [-0.05, 0) is 43.7 Å². The number of halogens is 1. The van der Waals surface area contributed by atoms with Crippen molar-refractivity contribution in [2.75, 3.05) is 18.6 Å². The van der Waals surface area contributed by atoms with Crippen molar-refractivity contribution in [3.05, 3.63) is 29.6 Å². The van der Waals surface area contributed by atoms with E-state index < -0.39 is 0 Å². The van der Waals surface area contributed by atoms with Crippen LogP contribution in [0, 0.1) is 5.82 Å². The molecule has 0 aromatic heterocycles. The van der Waals surface area contributed by atoms with Gasteiger partial charge < -0.3 is 10.1 Å². The summed E-state index contributed by atoms with van der Waals surface area (Å²) < 4.78 is 18.6. The van der Waals surface area contributed by atoms with E-state index in [0.29, 0.717) is 6.04 Å². The third kappa shape index (κ3) is 3.39. The summed E-state index contributed by atoms with van der Waals surface area (Å²) in [4.78, 5) is 0. The first-order valence-electron chi connectivity index (χ1n) is 6.38. The number of ether oxygens (including phenoxy) is 1. The lowest BCUT2D eigenvalue weighted by Crippen LogP contribution is -2.35. The fraction of sp³-hybridized carbons (Fsp3) is 0.571. The molecule has 4 heteroatoms. The molecule has 0 aliphatic carbocycles. The zero-order chi connectivity index (χ0) is 13.0. The quantitative estimate of drug-likeness (QED) is 0.905. The fourth-order valence-electron chi connectivity index (χ4n) is 2.36. The Morgan fingerprint density at radius 3 is 3.00 bits per heavy atom. The van der Waals surface area contributed by atoms with E-state index in [0.717, 1.165) is 17.1 Å². The summed E-state index contributed by atoms with van der Waals surface area (Å²) in [6.07, 6.45) is 2.46. The van der Waals surface area contributed by atoms with Crippen LogP contribution in [-0.2, 0) is 0 Å². The first-order chi connectivity index (χ1) is 8.70. The van der Waals surface area contributed by atoms with Gasteiger partial charge in [-0.25, -0.2) is 4.39 Å². The third-order valence-electron chi connectivity index (χ3n) is 3.30. The van der Waals surface area contributed by atoms with E-state index in [1.807, 2.05) is 11.8 Å². The molecule has 1 aliphatic rings. The Bertz CT molecular complexity index is 393. The minimum absolute atomic E-state index is 0.111. The van der Waals surface area contributed by atoms with Crippen LogP contribution in [0.5, 0.6) is 5.75 Å². The van der Waals surface area contributed by atoms with E-state index in [4.69, 9.17) is 4.74 Å². The summed E-state index contributed by atoms with van der Waals surface area (Å²) in [6.45, 7) is 2.07. The molecule has 1 saturated heterocycles. The average molecular weight is 269 g/mol. The van der Waals surface area contributed by atoms with Crippen molar-refractivity contribution in [3.63, 3.8) is 0 Å². The Kier molecular flexibility index (Phi) is 4.89. The summed E-state index contributed by atoms with van der Waals surface area (Å²) in [6, 6.07) is 5.32. The Balaban J connectivity index is 2.07. The van der Waals surface area contributed by atoms with Crippen LogP contribution in [-0.4, -0.2) is 24.7 Å². The van der Waals surface area contributed by atoms with E-state index >= 15 is 0 Å². The predicted octanol–water partition coefficient (Wildman–Crippen LogP) is 3.38. The number of hydrogen-bond donors (Lipinski definition) is 1. The normalized spacial score (nSPS) is 21.6. The number of thioether (sulfide) groups is 1. The Labute approximate surface area is 112 Å². The number of rotatable bonds is 4. The molecule has 2 nitrogen and oxygen atoms in total. The second-order valence-corrected chi connectivity index (χ2v) is 5.84. The molecule has 1 aromatic carbocycles. The van der Waals surface area contributed by atoms with Crippen molar-refractivity contribution in [1.82, 2.24) is 5.32 Å². The van der Waals surface area contributed by atoms with Gasteiger partial charge in [0.25, 0.3) is 0 Å². The van der Waals surface area contributed by atoms with Crippen LogP contribution in [0.1, 0.15) is 31.4 Å². The maximum Gasteiger partial charge on any atom is 0.123 e. The highest BCUT2D eigenvalue weighted by Crippen LogP contribution is 2.27. The molecule has 1 aromatic rings. The second kappa shape index (κ2) is 6.43. The van der Waals surface area contributed by atoms with Crippen molar-refractivity contribution < 1.29 is 9.13 Å². The molecule has 2 atom stereocenters. The van der Waals surface area contributed by atoms with Crippen molar-refractivity contribution in [1.29, 1.82) is 0 Å². The van der Waals surface area contributed by atoms with Crippen LogP contribution in [0.2, 0.25) is 0 Å². The van der Waals surface area contributed by atoms with Crippen LogP contribution < -0.4 is 10.1 Å². The molecule has 2 unspecified atom stereocenters. The van der Waals surface area contributed by atoms with Crippen molar-refractivity contribution >= 4 is 11.8 Å². The Morgan fingerprint density at radius 2 is 2.33 bits per heavy atom. The van der Waals surface area contributed by atoms with Crippen LogP contribution in [0.4, 0.5) is 4.39 Å². The molecule has 0 radical (unpaired) electrons. The van der Waals surface area contributed by atoms with Crippen LogP contribution in [0.25, 0.3) is 0 Å². The van der Waals surface area contributed by atoms with Gasteiger partial charge in [0.05, 0.1) is 7.11 Å². The highest BCUT2D eigenvalue weighted by molar-refractivity contribution is 7.99. The van der Waals surface area contributed by atoms with E-state index in [-0.39, 0.29) is 11.9 Å². The third-order valence-corrected chi connectivity index (χ3v) is 4.52. The number of nitrogens with one attached hydrogen (secondary N) is 1. The van der Waals surface area contributed by atoms with Crippen LogP contribution >= 0.6 is 11.8 Å². The van der Waals surface area contributed by atoms with E-state index in [9.17, 15) is 4.39 Å². The van der Waals surface area contributed by atoms with Gasteiger partial charge in [0.2, 0.25) is 0 Å². The molecular weight excluding hydrogens is 249 g/mol. The van der Waals surface area contributed by atoms with Gasteiger partial charge in [0.15, 0.2) is 0 Å². The molecule has 2 rings (SSSR count). The first kappa shape index (κ1) is 13.7. The van der Waals surface area contributed by atoms with E-state index in [1.54, 1.807) is 19.2 Å². The van der Waals surface area contributed by atoms with Gasteiger partial charge in [0.1, 0.15) is 11.6 Å². The lowest BCUT2D eigenvalue weighted by molar-refractivity contribution is 0.390. The number of methoxy groups -OCH3 is 1. The van der Waals surface area contributed by atoms with Gasteiger partial charge in [-0.15, -0.1) is 0 Å². The van der Waals surface area contributed by atoms with E-state index in [1.165, 1.54) is 24.7 Å². The molecule has 100 valence electrons.